The number of rotatable bonds is 7. The van der Waals surface area contributed by atoms with Gasteiger partial charge in [0.05, 0.1) is 6.61 Å². The van der Waals surface area contributed by atoms with E-state index in [0.717, 1.165) is 16.7 Å². The standard InChI is InChI=1S/C27H26N2O3/c1-19-12-14-22(15-13-19)24-26(31-17-23-11-7-6-8-20(23)2)25(29-18-28-24)27(30)32-16-21-9-4-3-5-10-21/h3-15,18,20,23H,16-17H2,1-2H3. The van der Waals surface area contributed by atoms with Crippen molar-refractivity contribution < 1.29 is 14.3 Å². The molecule has 0 bridgehead atoms. The number of esters is 1. The molecule has 5 nitrogen and oxygen atoms in total. The van der Waals surface area contributed by atoms with E-state index in [1.54, 1.807) is 0 Å². The highest BCUT2D eigenvalue weighted by atomic mass is 16.5. The molecule has 1 aliphatic rings. The van der Waals surface area contributed by atoms with Crippen molar-refractivity contribution in [3.63, 3.8) is 0 Å². The number of nitrogens with zero attached hydrogens (tertiary/aromatic N) is 2. The number of aromatic nitrogens is 2. The maximum absolute atomic E-state index is 13.0. The third kappa shape index (κ3) is 5.11. The molecule has 0 saturated heterocycles. The van der Waals surface area contributed by atoms with E-state index in [2.05, 4.69) is 29.0 Å². The van der Waals surface area contributed by atoms with Gasteiger partial charge in [-0.2, -0.15) is 0 Å². The molecule has 32 heavy (non-hydrogen) atoms. The molecule has 0 aliphatic heterocycles. The third-order valence-electron chi connectivity index (χ3n) is 5.51. The van der Waals surface area contributed by atoms with Crippen LogP contribution in [0.1, 0.15) is 28.5 Å². The van der Waals surface area contributed by atoms with Crippen molar-refractivity contribution in [1.29, 1.82) is 0 Å². The molecule has 2 atom stereocenters. The van der Waals surface area contributed by atoms with E-state index >= 15 is 0 Å². The minimum atomic E-state index is -0.535. The van der Waals surface area contributed by atoms with Crippen LogP contribution in [-0.4, -0.2) is 22.5 Å². The van der Waals surface area contributed by atoms with Gasteiger partial charge >= 0.3 is 5.97 Å². The maximum atomic E-state index is 13.0. The lowest BCUT2D eigenvalue weighted by Crippen LogP contribution is -2.20. The zero-order chi connectivity index (χ0) is 22.3. The lowest BCUT2D eigenvalue weighted by atomic mass is 9.91. The van der Waals surface area contributed by atoms with E-state index in [1.807, 2.05) is 73.7 Å². The summed E-state index contributed by atoms with van der Waals surface area (Å²) in [5.74, 6) is 0.344. The van der Waals surface area contributed by atoms with Crippen LogP contribution in [0.5, 0.6) is 5.75 Å². The molecule has 1 aromatic heterocycles. The summed E-state index contributed by atoms with van der Waals surface area (Å²) in [6.45, 7) is 4.74. The first kappa shape index (κ1) is 21.5. The van der Waals surface area contributed by atoms with Crippen LogP contribution < -0.4 is 4.74 Å². The lowest BCUT2D eigenvalue weighted by Gasteiger charge is -2.22. The highest BCUT2D eigenvalue weighted by Gasteiger charge is 2.24. The van der Waals surface area contributed by atoms with Crippen LogP contribution in [0.4, 0.5) is 0 Å². The van der Waals surface area contributed by atoms with Crippen molar-refractivity contribution in [2.75, 3.05) is 6.61 Å². The summed E-state index contributed by atoms with van der Waals surface area (Å²) in [7, 11) is 0. The number of carbonyl (C=O) groups excluding carboxylic acids is 1. The fraction of sp³-hybridized carbons (Fsp3) is 0.222. The van der Waals surface area contributed by atoms with Gasteiger partial charge < -0.3 is 9.47 Å². The molecule has 0 saturated carbocycles. The normalized spacial score (nSPS) is 17.2. The zero-order valence-electron chi connectivity index (χ0n) is 18.3. The zero-order valence-corrected chi connectivity index (χ0v) is 18.3. The Bertz CT molecular complexity index is 1120. The van der Waals surface area contributed by atoms with E-state index in [9.17, 15) is 4.79 Å². The van der Waals surface area contributed by atoms with Crippen LogP contribution in [0, 0.1) is 18.8 Å². The fourth-order valence-electron chi connectivity index (χ4n) is 3.52. The predicted molar refractivity (Wildman–Crippen MR) is 124 cm³/mol. The highest BCUT2D eigenvalue weighted by molar-refractivity contribution is 5.92. The lowest BCUT2D eigenvalue weighted by molar-refractivity contribution is 0.0459. The fourth-order valence-corrected chi connectivity index (χ4v) is 3.52. The van der Waals surface area contributed by atoms with Gasteiger partial charge in [-0.1, -0.05) is 91.4 Å². The summed E-state index contributed by atoms with van der Waals surface area (Å²) < 4.78 is 11.8. The molecular formula is C27H26N2O3. The molecule has 0 spiro atoms. The van der Waals surface area contributed by atoms with Gasteiger partial charge in [-0.05, 0) is 18.4 Å². The van der Waals surface area contributed by atoms with Crippen LogP contribution in [0.3, 0.4) is 0 Å². The van der Waals surface area contributed by atoms with Crippen LogP contribution in [0.2, 0.25) is 0 Å². The Hall–Kier alpha value is -3.73. The number of ether oxygens (including phenoxy) is 2. The van der Waals surface area contributed by atoms with Gasteiger partial charge in [0.2, 0.25) is 0 Å². The largest absolute Gasteiger partial charge is 0.488 e. The Morgan fingerprint density at radius 2 is 1.72 bits per heavy atom. The Labute approximate surface area is 188 Å². The number of aryl methyl sites for hydroxylation is 1. The molecule has 1 heterocycles. The number of hydrogen-bond donors (Lipinski definition) is 0. The van der Waals surface area contributed by atoms with E-state index in [1.165, 1.54) is 6.33 Å². The van der Waals surface area contributed by atoms with Crippen molar-refractivity contribution in [2.45, 2.75) is 20.5 Å². The van der Waals surface area contributed by atoms with Crippen molar-refractivity contribution in [3.8, 4) is 17.0 Å². The smallest absolute Gasteiger partial charge is 0.361 e. The number of allylic oxidation sites excluding steroid dienone is 3. The first-order valence-corrected chi connectivity index (χ1v) is 10.7. The minimum Gasteiger partial charge on any atom is -0.488 e. The average molecular weight is 427 g/mol. The predicted octanol–water partition coefficient (Wildman–Crippen LogP) is 5.57. The summed E-state index contributed by atoms with van der Waals surface area (Å²) in [5.41, 5.74) is 3.62. The van der Waals surface area contributed by atoms with Gasteiger partial charge in [-0.3, -0.25) is 0 Å². The minimum absolute atomic E-state index is 0.134. The number of benzene rings is 2. The molecule has 0 N–H and O–H groups in total. The average Bonchev–Trinajstić information content (AvgIpc) is 2.83. The number of hydrogen-bond acceptors (Lipinski definition) is 5. The molecule has 0 fully saturated rings. The summed E-state index contributed by atoms with van der Waals surface area (Å²) >= 11 is 0. The van der Waals surface area contributed by atoms with Crippen molar-refractivity contribution in [2.24, 2.45) is 11.8 Å². The summed E-state index contributed by atoms with van der Waals surface area (Å²) in [5, 5.41) is 0. The third-order valence-corrected chi connectivity index (χ3v) is 5.51. The summed E-state index contributed by atoms with van der Waals surface area (Å²) in [6.07, 6.45) is 9.70. The first-order chi connectivity index (χ1) is 15.6. The molecule has 0 radical (unpaired) electrons. The Kier molecular flexibility index (Phi) is 6.75. The molecule has 2 aromatic carbocycles. The highest BCUT2D eigenvalue weighted by Crippen LogP contribution is 2.32. The van der Waals surface area contributed by atoms with Crippen LogP contribution in [0.25, 0.3) is 11.3 Å². The van der Waals surface area contributed by atoms with Crippen LogP contribution in [-0.2, 0) is 11.3 Å². The summed E-state index contributed by atoms with van der Waals surface area (Å²) in [6, 6.07) is 17.5. The van der Waals surface area contributed by atoms with Crippen LogP contribution in [0.15, 0.2) is 85.2 Å². The van der Waals surface area contributed by atoms with Gasteiger partial charge in [-0.15, -0.1) is 0 Å². The molecule has 5 heteroatoms. The molecule has 1 aliphatic carbocycles. The van der Waals surface area contributed by atoms with Crippen molar-refractivity contribution in [1.82, 2.24) is 9.97 Å². The number of carbonyl (C=O) groups is 1. The summed E-state index contributed by atoms with van der Waals surface area (Å²) in [4.78, 5) is 21.7. The Balaban J connectivity index is 1.62. The molecule has 162 valence electrons. The monoisotopic (exact) mass is 426 g/mol. The van der Waals surface area contributed by atoms with Crippen molar-refractivity contribution >= 4 is 5.97 Å². The van der Waals surface area contributed by atoms with Gasteiger partial charge in [0.1, 0.15) is 18.6 Å². The molecule has 0 amide bonds. The van der Waals surface area contributed by atoms with E-state index in [4.69, 9.17) is 9.47 Å². The van der Waals surface area contributed by atoms with Crippen molar-refractivity contribution in [3.05, 3.63) is 102 Å². The van der Waals surface area contributed by atoms with Gasteiger partial charge in [0.25, 0.3) is 0 Å². The van der Waals surface area contributed by atoms with E-state index in [-0.39, 0.29) is 18.2 Å². The Morgan fingerprint density at radius 3 is 2.47 bits per heavy atom. The van der Waals surface area contributed by atoms with Gasteiger partial charge in [-0.25, -0.2) is 14.8 Å². The van der Waals surface area contributed by atoms with Crippen LogP contribution >= 0.6 is 0 Å². The van der Waals surface area contributed by atoms with Gasteiger partial charge in [0, 0.05) is 11.5 Å². The van der Waals surface area contributed by atoms with E-state index in [0.29, 0.717) is 24.0 Å². The second-order valence-corrected chi connectivity index (χ2v) is 7.93. The molecule has 2 unspecified atom stereocenters. The molecule has 3 aromatic rings. The second-order valence-electron chi connectivity index (χ2n) is 7.93. The SMILES string of the molecule is Cc1ccc(-c2ncnc(C(=O)OCc3ccccc3)c2OCC2C=CC=CC2C)cc1. The Morgan fingerprint density at radius 1 is 0.969 bits per heavy atom. The quantitative estimate of drug-likeness (QED) is 0.463. The molecular weight excluding hydrogens is 400 g/mol. The van der Waals surface area contributed by atoms with E-state index < -0.39 is 5.97 Å². The maximum Gasteiger partial charge on any atom is 0.361 e. The first-order valence-electron chi connectivity index (χ1n) is 10.7. The topological polar surface area (TPSA) is 61.3 Å². The van der Waals surface area contributed by atoms with Gasteiger partial charge in [0.15, 0.2) is 11.4 Å². The molecule has 4 rings (SSSR count). The second kappa shape index (κ2) is 10.1.